The Morgan fingerprint density at radius 1 is 0.667 bits per heavy atom. The first-order chi connectivity index (χ1) is 11.1. The Morgan fingerprint density at radius 3 is 1.67 bits per heavy atom. The fourth-order valence-electron chi connectivity index (χ4n) is 2.65. The zero-order valence-electron chi connectivity index (χ0n) is 15.6. The lowest BCUT2D eigenvalue weighted by Gasteiger charge is -2.41. The van der Waals surface area contributed by atoms with E-state index in [2.05, 4.69) is 32.9 Å². The van der Waals surface area contributed by atoms with E-state index in [-0.39, 0.29) is 0 Å². The van der Waals surface area contributed by atoms with Gasteiger partial charge < -0.3 is 16.8 Å². The first-order valence-corrected chi connectivity index (χ1v) is 18.2. The zero-order chi connectivity index (χ0) is 18.5. The molecule has 1 fully saturated rings. The lowest BCUT2D eigenvalue weighted by molar-refractivity contribution is 0.225. The molecule has 136 valence electrons. The average Bonchev–Trinajstić information content (AvgIpc) is 2.53. The molecule has 0 spiro atoms. The minimum atomic E-state index is -2.69. The Hall–Kier alpha value is -0.332. The van der Waals surface area contributed by atoms with Gasteiger partial charge in [-0.05, 0) is 38.7 Å². The van der Waals surface area contributed by atoms with Crippen molar-refractivity contribution in [2.24, 2.45) is 0 Å². The van der Waals surface area contributed by atoms with E-state index in [0.29, 0.717) is 6.61 Å². The quantitative estimate of drug-likeness (QED) is 0.649. The van der Waals surface area contributed by atoms with Crippen molar-refractivity contribution in [2.75, 3.05) is 6.61 Å². The first kappa shape index (κ1) is 21.7. The summed E-state index contributed by atoms with van der Waals surface area (Å²) in [7, 11) is -9.89. The SMILES string of the molecule is C=C[Si]1(C)CCCCO[Si](C)(C=C)O[Si](C)(C=C)O[Si](C)(C=C)O1. The van der Waals surface area contributed by atoms with E-state index < -0.39 is 34.0 Å². The lowest BCUT2D eigenvalue weighted by atomic mass is 10.4. The van der Waals surface area contributed by atoms with Crippen molar-refractivity contribution in [1.82, 2.24) is 0 Å². The molecule has 4 atom stereocenters. The van der Waals surface area contributed by atoms with Crippen LogP contribution >= 0.6 is 0 Å². The van der Waals surface area contributed by atoms with Crippen molar-refractivity contribution in [3.05, 3.63) is 49.1 Å². The number of hydrogen-bond acceptors (Lipinski definition) is 4. The van der Waals surface area contributed by atoms with Gasteiger partial charge in [0.15, 0.2) is 0 Å². The third-order valence-corrected chi connectivity index (χ3v) is 19.4. The van der Waals surface area contributed by atoms with Gasteiger partial charge >= 0.3 is 25.7 Å². The van der Waals surface area contributed by atoms with Crippen molar-refractivity contribution in [2.45, 2.75) is 45.1 Å². The minimum absolute atomic E-state index is 0.661. The molecule has 24 heavy (non-hydrogen) atoms. The van der Waals surface area contributed by atoms with E-state index in [9.17, 15) is 0 Å². The largest absolute Gasteiger partial charge is 0.430 e. The van der Waals surface area contributed by atoms with Crippen LogP contribution in [0.4, 0.5) is 0 Å². The molecule has 1 aliphatic heterocycles. The van der Waals surface area contributed by atoms with Gasteiger partial charge in [-0.25, -0.2) is 0 Å². The van der Waals surface area contributed by atoms with Gasteiger partial charge in [0.25, 0.3) is 0 Å². The predicted molar refractivity (Wildman–Crippen MR) is 111 cm³/mol. The summed E-state index contributed by atoms with van der Waals surface area (Å²) in [6.07, 6.45) is 2.01. The zero-order valence-corrected chi connectivity index (χ0v) is 19.6. The molecule has 0 aromatic heterocycles. The van der Waals surface area contributed by atoms with Crippen LogP contribution in [0, 0.1) is 0 Å². The summed E-state index contributed by atoms with van der Waals surface area (Å²) in [6.45, 7) is 24.7. The van der Waals surface area contributed by atoms with Crippen LogP contribution < -0.4 is 0 Å². The third kappa shape index (κ3) is 5.88. The Kier molecular flexibility index (Phi) is 7.57. The molecule has 1 heterocycles. The van der Waals surface area contributed by atoms with Crippen molar-refractivity contribution in [3.8, 4) is 0 Å². The van der Waals surface area contributed by atoms with Crippen molar-refractivity contribution in [3.63, 3.8) is 0 Å². The topological polar surface area (TPSA) is 36.9 Å². The number of hydrogen-bond donors (Lipinski definition) is 0. The summed E-state index contributed by atoms with van der Waals surface area (Å²) in [5.74, 6) is 0. The van der Waals surface area contributed by atoms with Crippen LogP contribution in [0.3, 0.4) is 0 Å². The van der Waals surface area contributed by atoms with Gasteiger partial charge in [0, 0.05) is 6.61 Å². The molecule has 0 aromatic carbocycles. The van der Waals surface area contributed by atoms with Crippen LogP contribution in [0.5, 0.6) is 0 Å². The minimum Gasteiger partial charge on any atom is -0.430 e. The predicted octanol–water partition coefficient (Wildman–Crippen LogP) is 4.54. The molecular formula is C16H32O4Si4. The monoisotopic (exact) mass is 400 g/mol. The Morgan fingerprint density at radius 2 is 1.17 bits per heavy atom. The smallest absolute Gasteiger partial charge is 0.352 e. The van der Waals surface area contributed by atoms with Crippen LogP contribution in [0.1, 0.15) is 12.8 Å². The molecule has 0 amide bonds. The highest BCUT2D eigenvalue weighted by Gasteiger charge is 2.47. The standard InChI is InChI=1S/C16H32O4Si4/c1-9-21(5)16-14-13-15-17-22(6,10-2)19-24(8,12-4)20-23(7,11-3)18-21/h9-12H,1-4,13-16H2,5-8H3. The summed E-state index contributed by atoms with van der Waals surface area (Å²) in [5, 5.41) is 0. The van der Waals surface area contributed by atoms with E-state index >= 15 is 0 Å². The van der Waals surface area contributed by atoms with Crippen molar-refractivity contribution in [1.29, 1.82) is 0 Å². The molecule has 8 heteroatoms. The molecule has 1 rings (SSSR count). The molecule has 1 aliphatic rings. The molecule has 1 saturated heterocycles. The second kappa shape index (κ2) is 8.37. The van der Waals surface area contributed by atoms with Gasteiger partial charge in [-0.15, -0.1) is 26.3 Å². The van der Waals surface area contributed by atoms with Crippen LogP contribution in [-0.4, -0.2) is 40.6 Å². The fourth-order valence-corrected chi connectivity index (χ4v) is 18.3. The lowest BCUT2D eigenvalue weighted by Crippen LogP contribution is -2.59. The van der Waals surface area contributed by atoms with Crippen LogP contribution in [0.2, 0.25) is 32.2 Å². The maximum atomic E-state index is 6.57. The molecule has 4 nitrogen and oxygen atoms in total. The number of rotatable bonds is 4. The van der Waals surface area contributed by atoms with Crippen LogP contribution in [0.15, 0.2) is 49.1 Å². The highest BCUT2D eigenvalue weighted by molar-refractivity contribution is 6.94. The van der Waals surface area contributed by atoms with E-state index in [1.807, 2.05) is 36.7 Å². The third-order valence-electron chi connectivity index (χ3n) is 4.25. The normalized spacial score (nSPS) is 42.2. The molecule has 0 aliphatic carbocycles. The molecule has 0 aromatic rings. The van der Waals surface area contributed by atoms with E-state index in [1.54, 1.807) is 5.70 Å². The molecule has 4 unspecified atom stereocenters. The highest BCUT2D eigenvalue weighted by Crippen LogP contribution is 2.29. The highest BCUT2D eigenvalue weighted by atomic mass is 28.5. The maximum Gasteiger partial charge on any atom is 0.352 e. The van der Waals surface area contributed by atoms with E-state index in [1.165, 1.54) is 0 Å². The van der Waals surface area contributed by atoms with Gasteiger partial charge in [-0.2, -0.15) is 0 Å². The molecule has 0 bridgehead atoms. The Bertz CT molecular complexity index is 460. The van der Waals surface area contributed by atoms with Gasteiger partial charge in [0.05, 0.1) is 0 Å². The van der Waals surface area contributed by atoms with Gasteiger partial charge in [0.1, 0.15) is 0 Å². The molecule has 0 radical (unpaired) electrons. The summed E-state index contributed by atoms with van der Waals surface area (Å²) in [4.78, 5) is 0. The van der Waals surface area contributed by atoms with Crippen LogP contribution in [-0.2, 0) is 16.8 Å². The second-order valence-corrected chi connectivity index (χ2v) is 20.4. The summed E-state index contributed by atoms with van der Waals surface area (Å²) >= 11 is 0. The average molecular weight is 401 g/mol. The van der Waals surface area contributed by atoms with Gasteiger partial charge in [-0.1, -0.05) is 29.2 Å². The summed E-state index contributed by atoms with van der Waals surface area (Å²) in [6, 6.07) is 0.999. The molecule has 0 saturated carbocycles. The van der Waals surface area contributed by atoms with Crippen molar-refractivity contribution < 1.29 is 16.8 Å². The van der Waals surface area contributed by atoms with E-state index in [4.69, 9.17) is 16.8 Å². The fraction of sp³-hybridized carbons (Fsp3) is 0.500. The maximum absolute atomic E-state index is 6.57. The van der Waals surface area contributed by atoms with Crippen LogP contribution in [0.25, 0.3) is 0 Å². The van der Waals surface area contributed by atoms with Gasteiger partial charge in [0.2, 0.25) is 8.32 Å². The first-order valence-electron chi connectivity index (χ1n) is 8.36. The van der Waals surface area contributed by atoms with E-state index in [0.717, 1.165) is 18.9 Å². The summed E-state index contributed by atoms with van der Waals surface area (Å²) < 4.78 is 25.5. The van der Waals surface area contributed by atoms with Gasteiger partial charge in [-0.3, -0.25) is 0 Å². The Balaban J connectivity index is 3.22. The molecule has 0 N–H and O–H groups in total. The second-order valence-electron chi connectivity index (χ2n) is 6.79. The van der Waals surface area contributed by atoms with Crippen molar-refractivity contribution >= 4 is 34.0 Å². The molecular weight excluding hydrogens is 369 g/mol. The summed E-state index contributed by atoms with van der Waals surface area (Å²) in [5.41, 5.74) is 7.43. The Labute approximate surface area is 151 Å².